The molecule has 0 aliphatic rings. The molecule has 3 heteroatoms. The topological polar surface area (TPSA) is 27.7 Å². The van der Waals surface area contributed by atoms with Gasteiger partial charge in [0.2, 0.25) is 0 Å². The highest BCUT2D eigenvalue weighted by molar-refractivity contribution is 4.76. The van der Waals surface area contributed by atoms with Crippen LogP contribution in [0.4, 0.5) is 0 Å². The Hall–Kier alpha value is -0.960. The minimum Gasteiger partial charge on any atom is -0.501 e. The third-order valence-electron chi connectivity index (χ3n) is 10.0. The lowest BCUT2D eigenvalue weighted by Crippen LogP contribution is -1.93. The highest BCUT2D eigenvalue weighted by Crippen LogP contribution is 2.16. The fraction of sp³-hybridized carbons (Fsp3) is 0.913. The second-order valence-corrected chi connectivity index (χ2v) is 15.0. The third kappa shape index (κ3) is 47.0. The molecule has 3 nitrogen and oxygen atoms in total. The van der Waals surface area contributed by atoms with Crippen molar-refractivity contribution in [3.05, 3.63) is 24.7 Å². The normalized spacial score (nSPS) is 11.8. The quantitative estimate of drug-likeness (QED) is 0.0470. The minimum atomic E-state index is 0.586. The van der Waals surface area contributed by atoms with E-state index in [2.05, 4.69) is 13.8 Å². The van der Waals surface area contributed by atoms with Crippen molar-refractivity contribution in [3.8, 4) is 0 Å². The Balaban J connectivity index is 3.14. The SMILES string of the molecule is CCCCCCCCCCCCCCCCCCCCOC=CCOCC=COCCCCCCCCCCCCCCCCCCCC. The molecule has 292 valence electrons. The zero-order chi connectivity index (χ0) is 35.2. The third-order valence-corrected chi connectivity index (χ3v) is 10.0. The van der Waals surface area contributed by atoms with Crippen molar-refractivity contribution in [1.82, 2.24) is 0 Å². The van der Waals surface area contributed by atoms with Gasteiger partial charge in [0.25, 0.3) is 0 Å². The lowest BCUT2D eigenvalue weighted by molar-refractivity contribution is 0.181. The molecule has 0 amide bonds. The van der Waals surface area contributed by atoms with Gasteiger partial charge in [0.05, 0.1) is 39.0 Å². The number of hydrogen-bond acceptors (Lipinski definition) is 3. The van der Waals surface area contributed by atoms with Gasteiger partial charge in [-0.2, -0.15) is 0 Å². The van der Waals surface area contributed by atoms with Crippen LogP contribution in [0.5, 0.6) is 0 Å². The molecule has 0 unspecified atom stereocenters. The number of ether oxygens (including phenoxy) is 3. The van der Waals surface area contributed by atoms with Gasteiger partial charge in [0.1, 0.15) is 0 Å². The molecule has 0 aromatic rings. The lowest BCUT2D eigenvalue weighted by Gasteiger charge is -2.04. The van der Waals surface area contributed by atoms with E-state index < -0.39 is 0 Å². The summed E-state index contributed by atoms with van der Waals surface area (Å²) in [6.07, 6.45) is 58.3. The molecule has 0 heterocycles. The Morgan fingerprint density at radius 3 is 0.694 bits per heavy atom. The van der Waals surface area contributed by atoms with Crippen LogP contribution in [0, 0.1) is 0 Å². The molecule has 0 bridgehead atoms. The number of hydrogen-bond donors (Lipinski definition) is 0. The average Bonchev–Trinajstić information content (AvgIpc) is 3.11. The Kier molecular flexibility index (Phi) is 46.1. The van der Waals surface area contributed by atoms with Crippen molar-refractivity contribution in [3.63, 3.8) is 0 Å². The van der Waals surface area contributed by atoms with E-state index in [-0.39, 0.29) is 0 Å². The molecule has 0 radical (unpaired) electrons. The van der Waals surface area contributed by atoms with E-state index in [1.807, 2.05) is 12.2 Å². The van der Waals surface area contributed by atoms with E-state index in [9.17, 15) is 0 Å². The highest BCUT2D eigenvalue weighted by atomic mass is 16.5. The van der Waals surface area contributed by atoms with Crippen molar-refractivity contribution in [2.45, 2.75) is 245 Å². The number of rotatable bonds is 44. The maximum Gasteiger partial charge on any atom is 0.0873 e. The Bertz CT molecular complexity index is 563. The summed E-state index contributed by atoms with van der Waals surface area (Å²) in [6, 6.07) is 0. The predicted molar refractivity (Wildman–Crippen MR) is 219 cm³/mol. The average molecular weight is 691 g/mol. The highest BCUT2D eigenvalue weighted by Gasteiger charge is 1.97. The molecular weight excluding hydrogens is 601 g/mol. The van der Waals surface area contributed by atoms with E-state index >= 15 is 0 Å². The van der Waals surface area contributed by atoms with Gasteiger partial charge in [-0.1, -0.05) is 232 Å². The van der Waals surface area contributed by atoms with Crippen molar-refractivity contribution < 1.29 is 14.2 Å². The maximum absolute atomic E-state index is 5.61. The molecule has 0 N–H and O–H groups in total. The molecule has 0 aromatic carbocycles. The fourth-order valence-corrected chi connectivity index (χ4v) is 6.73. The zero-order valence-electron chi connectivity index (χ0n) is 33.8. The van der Waals surface area contributed by atoms with Gasteiger partial charge < -0.3 is 14.2 Å². The van der Waals surface area contributed by atoms with Gasteiger partial charge in [-0.3, -0.25) is 0 Å². The van der Waals surface area contributed by atoms with Crippen molar-refractivity contribution in [1.29, 1.82) is 0 Å². The molecule has 0 atom stereocenters. The van der Waals surface area contributed by atoms with Gasteiger partial charge >= 0.3 is 0 Å². The second-order valence-electron chi connectivity index (χ2n) is 15.0. The van der Waals surface area contributed by atoms with Gasteiger partial charge in [-0.05, 0) is 25.0 Å². The van der Waals surface area contributed by atoms with Crippen LogP contribution >= 0.6 is 0 Å². The van der Waals surface area contributed by atoms with Gasteiger partial charge in [0, 0.05) is 0 Å². The Morgan fingerprint density at radius 2 is 0.469 bits per heavy atom. The monoisotopic (exact) mass is 691 g/mol. The standard InChI is InChI=1S/C46H90O3/c1-3-5-7-9-11-13-15-17-19-21-23-25-27-29-31-33-35-37-41-47-43-39-45-49-46-40-44-48-42-38-36-34-32-30-28-26-24-22-20-18-16-14-12-10-8-6-4-2/h39-40,43-44H,3-38,41-42,45-46H2,1-2H3. The smallest absolute Gasteiger partial charge is 0.0873 e. The van der Waals surface area contributed by atoms with Crippen LogP contribution in [-0.4, -0.2) is 26.4 Å². The largest absolute Gasteiger partial charge is 0.501 e. The molecule has 0 aliphatic heterocycles. The summed E-state index contributed by atoms with van der Waals surface area (Å²) in [5.41, 5.74) is 0. The van der Waals surface area contributed by atoms with Crippen molar-refractivity contribution in [2.24, 2.45) is 0 Å². The molecule has 0 saturated carbocycles. The molecule has 49 heavy (non-hydrogen) atoms. The van der Waals surface area contributed by atoms with E-state index in [4.69, 9.17) is 14.2 Å². The van der Waals surface area contributed by atoms with E-state index in [1.54, 1.807) is 12.5 Å². The molecule has 0 aliphatic carbocycles. The predicted octanol–water partition coefficient (Wildman–Crippen LogP) is 16.1. The van der Waals surface area contributed by atoms with Crippen LogP contribution in [0.25, 0.3) is 0 Å². The summed E-state index contributed by atoms with van der Waals surface area (Å²) in [4.78, 5) is 0. The second kappa shape index (κ2) is 47.0. The molecule has 0 fully saturated rings. The van der Waals surface area contributed by atoms with Crippen molar-refractivity contribution >= 4 is 0 Å². The molecule has 0 saturated heterocycles. The Labute approximate surface area is 309 Å². The van der Waals surface area contributed by atoms with Gasteiger partial charge in [0.15, 0.2) is 0 Å². The molecule has 0 rings (SSSR count). The van der Waals surface area contributed by atoms with Gasteiger partial charge in [-0.25, -0.2) is 0 Å². The molecule has 0 spiro atoms. The van der Waals surface area contributed by atoms with Crippen LogP contribution < -0.4 is 0 Å². The van der Waals surface area contributed by atoms with E-state index in [0.717, 1.165) is 26.1 Å². The summed E-state index contributed by atoms with van der Waals surface area (Å²) in [6.45, 7) is 7.41. The summed E-state index contributed by atoms with van der Waals surface area (Å²) >= 11 is 0. The van der Waals surface area contributed by atoms with Crippen LogP contribution in [0.1, 0.15) is 245 Å². The van der Waals surface area contributed by atoms with Crippen LogP contribution in [0.2, 0.25) is 0 Å². The summed E-state index contributed by atoms with van der Waals surface area (Å²) in [5.74, 6) is 0. The summed E-state index contributed by atoms with van der Waals surface area (Å²) in [7, 11) is 0. The first kappa shape index (κ1) is 48.0. The number of unbranched alkanes of at least 4 members (excludes halogenated alkanes) is 34. The first-order valence-corrected chi connectivity index (χ1v) is 22.5. The van der Waals surface area contributed by atoms with Crippen LogP contribution in [0.3, 0.4) is 0 Å². The first-order chi connectivity index (χ1) is 24.4. The van der Waals surface area contributed by atoms with E-state index in [1.165, 1.54) is 218 Å². The first-order valence-electron chi connectivity index (χ1n) is 22.5. The van der Waals surface area contributed by atoms with Crippen molar-refractivity contribution in [2.75, 3.05) is 26.4 Å². The summed E-state index contributed by atoms with van der Waals surface area (Å²) in [5, 5.41) is 0. The summed E-state index contributed by atoms with van der Waals surface area (Å²) < 4.78 is 16.8. The maximum atomic E-state index is 5.61. The zero-order valence-corrected chi connectivity index (χ0v) is 33.8. The van der Waals surface area contributed by atoms with Gasteiger partial charge in [-0.15, -0.1) is 0 Å². The van der Waals surface area contributed by atoms with Crippen LogP contribution in [0.15, 0.2) is 24.7 Å². The van der Waals surface area contributed by atoms with Crippen LogP contribution in [-0.2, 0) is 14.2 Å². The molecular formula is C46H90O3. The Morgan fingerprint density at radius 1 is 0.265 bits per heavy atom. The minimum absolute atomic E-state index is 0.586. The lowest BCUT2D eigenvalue weighted by atomic mass is 10.0. The van der Waals surface area contributed by atoms with E-state index in [0.29, 0.717) is 13.2 Å². The fourth-order valence-electron chi connectivity index (χ4n) is 6.73. The molecule has 0 aromatic heterocycles.